The molecule has 1 aliphatic heterocycles. The van der Waals surface area contributed by atoms with E-state index in [-0.39, 0.29) is 6.04 Å². The van der Waals surface area contributed by atoms with Gasteiger partial charge in [-0.05, 0) is 90.5 Å². The summed E-state index contributed by atoms with van der Waals surface area (Å²) in [4.78, 5) is 3.76. The summed E-state index contributed by atoms with van der Waals surface area (Å²) in [6.45, 7) is 5.13. The number of thiocarbonyl (C=S) groups is 1. The van der Waals surface area contributed by atoms with E-state index in [2.05, 4.69) is 65.8 Å². The number of thiophene rings is 1. The van der Waals surface area contributed by atoms with Crippen LogP contribution in [0.15, 0.2) is 53.9 Å². The van der Waals surface area contributed by atoms with Gasteiger partial charge in [-0.25, -0.2) is 0 Å². The van der Waals surface area contributed by atoms with Crippen LogP contribution in [-0.2, 0) is 6.42 Å². The van der Waals surface area contributed by atoms with E-state index in [0.29, 0.717) is 0 Å². The first kappa shape index (κ1) is 19.0. The van der Waals surface area contributed by atoms with Gasteiger partial charge in [0.1, 0.15) is 5.75 Å². The molecule has 1 N–H and O–H groups in total. The van der Waals surface area contributed by atoms with Gasteiger partial charge in [0.25, 0.3) is 0 Å². The molecule has 3 aromatic rings. The lowest BCUT2D eigenvalue weighted by molar-refractivity contribution is 0.346. The molecule has 0 unspecified atom stereocenters. The van der Waals surface area contributed by atoms with E-state index in [1.54, 1.807) is 7.11 Å². The highest BCUT2D eigenvalue weighted by Gasteiger charge is 2.31. The van der Waals surface area contributed by atoms with Crippen LogP contribution >= 0.6 is 23.6 Å². The SMILES string of the molecule is COc1ccc([C@@H]2c3ccsc3CCN2C(=S)Nc2cc(C)cc(C)c2)cc1. The first-order valence-corrected chi connectivity index (χ1v) is 10.7. The Balaban J connectivity index is 1.66. The molecule has 0 amide bonds. The van der Waals surface area contributed by atoms with E-state index in [9.17, 15) is 0 Å². The Hall–Kier alpha value is -2.37. The summed E-state index contributed by atoms with van der Waals surface area (Å²) < 4.78 is 5.34. The predicted molar refractivity (Wildman–Crippen MR) is 122 cm³/mol. The zero-order valence-corrected chi connectivity index (χ0v) is 18.0. The number of anilines is 1. The van der Waals surface area contributed by atoms with Crippen molar-refractivity contribution in [1.29, 1.82) is 0 Å². The number of methoxy groups -OCH3 is 1. The third kappa shape index (κ3) is 3.77. The molecule has 2 aromatic carbocycles. The van der Waals surface area contributed by atoms with Crippen molar-refractivity contribution in [3.05, 3.63) is 81.0 Å². The Kier molecular flexibility index (Phi) is 5.38. The fraction of sp³-hybridized carbons (Fsp3) is 0.261. The number of aryl methyl sites for hydroxylation is 2. The Labute approximate surface area is 176 Å². The van der Waals surface area contributed by atoms with E-state index in [4.69, 9.17) is 17.0 Å². The van der Waals surface area contributed by atoms with Gasteiger partial charge in [0, 0.05) is 17.1 Å². The number of nitrogens with one attached hydrogen (secondary N) is 1. The van der Waals surface area contributed by atoms with Gasteiger partial charge in [0.15, 0.2) is 5.11 Å². The molecule has 0 saturated heterocycles. The molecule has 1 aromatic heterocycles. The number of benzene rings is 2. The van der Waals surface area contributed by atoms with Crippen molar-refractivity contribution in [2.75, 3.05) is 19.0 Å². The normalized spacial score (nSPS) is 15.8. The van der Waals surface area contributed by atoms with Crippen LogP contribution in [0.25, 0.3) is 0 Å². The molecule has 2 heterocycles. The molecule has 5 heteroatoms. The second-order valence-corrected chi connectivity index (χ2v) is 8.61. The minimum atomic E-state index is 0.117. The maximum atomic E-state index is 5.86. The highest BCUT2D eigenvalue weighted by atomic mass is 32.1. The molecule has 0 bridgehead atoms. The van der Waals surface area contributed by atoms with Crippen molar-refractivity contribution in [2.45, 2.75) is 26.3 Å². The molecule has 0 aliphatic carbocycles. The number of hydrogen-bond acceptors (Lipinski definition) is 3. The molecule has 0 spiro atoms. The van der Waals surface area contributed by atoms with E-state index in [1.165, 1.54) is 27.1 Å². The van der Waals surface area contributed by atoms with Gasteiger partial charge in [0.05, 0.1) is 13.2 Å². The van der Waals surface area contributed by atoms with Crippen molar-refractivity contribution in [3.8, 4) is 5.75 Å². The molecule has 4 rings (SSSR count). The summed E-state index contributed by atoms with van der Waals surface area (Å²) in [6, 6.07) is 17.1. The average Bonchev–Trinajstić information content (AvgIpc) is 3.15. The van der Waals surface area contributed by atoms with Crippen LogP contribution < -0.4 is 10.1 Å². The number of rotatable bonds is 3. The summed E-state index contributed by atoms with van der Waals surface area (Å²) in [7, 11) is 1.70. The van der Waals surface area contributed by atoms with Crippen LogP contribution in [0.4, 0.5) is 5.69 Å². The lowest BCUT2D eigenvalue weighted by atomic mass is 9.93. The molecular formula is C23H24N2OS2. The van der Waals surface area contributed by atoms with Gasteiger partial charge in [-0.3, -0.25) is 0 Å². The summed E-state index contributed by atoms with van der Waals surface area (Å²) in [6.07, 6.45) is 1.02. The van der Waals surface area contributed by atoms with Crippen LogP contribution in [-0.4, -0.2) is 23.7 Å². The van der Waals surface area contributed by atoms with Crippen molar-refractivity contribution < 1.29 is 4.74 Å². The Morgan fingerprint density at radius 3 is 2.50 bits per heavy atom. The van der Waals surface area contributed by atoms with Crippen molar-refractivity contribution >= 4 is 34.4 Å². The predicted octanol–water partition coefficient (Wildman–Crippen LogP) is 5.72. The van der Waals surface area contributed by atoms with Crippen LogP contribution in [0, 0.1) is 13.8 Å². The van der Waals surface area contributed by atoms with Gasteiger partial charge in [0.2, 0.25) is 0 Å². The largest absolute Gasteiger partial charge is 0.497 e. The van der Waals surface area contributed by atoms with Crippen molar-refractivity contribution in [2.24, 2.45) is 0 Å². The standard InChI is InChI=1S/C23H24N2OS2/c1-15-12-16(2)14-18(13-15)24-23(27)25-10-8-21-20(9-11-28-21)22(25)17-4-6-19(26-3)7-5-17/h4-7,9,11-14,22H,8,10H2,1-3H3,(H,24,27)/t22-/m1/s1. The monoisotopic (exact) mass is 408 g/mol. The summed E-state index contributed by atoms with van der Waals surface area (Å²) in [5.41, 5.74) is 6.09. The second-order valence-electron chi connectivity index (χ2n) is 7.22. The Bertz CT molecular complexity index is 974. The van der Waals surface area contributed by atoms with E-state index in [1.807, 2.05) is 23.5 Å². The van der Waals surface area contributed by atoms with Crippen LogP contribution in [0.3, 0.4) is 0 Å². The Morgan fingerprint density at radius 1 is 1.11 bits per heavy atom. The number of fused-ring (bicyclic) bond motifs is 1. The fourth-order valence-electron chi connectivity index (χ4n) is 3.92. The minimum Gasteiger partial charge on any atom is -0.497 e. The van der Waals surface area contributed by atoms with Gasteiger partial charge in [-0.15, -0.1) is 11.3 Å². The lowest BCUT2D eigenvalue weighted by Crippen LogP contribution is -2.42. The maximum Gasteiger partial charge on any atom is 0.174 e. The number of ether oxygens (including phenoxy) is 1. The molecule has 144 valence electrons. The zero-order valence-electron chi connectivity index (χ0n) is 16.4. The fourth-order valence-corrected chi connectivity index (χ4v) is 5.14. The van der Waals surface area contributed by atoms with Crippen molar-refractivity contribution in [3.63, 3.8) is 0 Å². The minimum absolute atomic E-state index is 0.117. The molecule has 0 fully saturated rings. The number of nitrogens with zero attached hydrogens (tertiary/aromatic N) is 1. The first-order chi connectivity index (χ1) is 13.5. The third-order valence-corrected chi connectivity index (χ3v) is 6.46. The third-order valence-electron chi connectivity index (χ3n) is 5.13. The van der Waals surface area contributed by atoms with E-state index >= 15 is 0 Å². The first-order valence-electron chi connectivity index (χ1n) is 9.41. The maximum absolute atomic E-state index is 5.86. The average molecular weight is 409 g/mol. The lowest BCUT2D eigenvalue weighted by Gasteiger charge is -2.38. The molecular weight excluding hydrogens is 384 g/mol. The quantitative estimate of drug-likeness (QED) is 0.560. The molecule has 0 radical (unpaired) electrons. The zero-order chi connectivity index (χ0) is 19.7. The Morgan fingerprint density at radius 2 is 1.82 bits per heavy atom. The van der Waals surface area contributed by atoms with Gasteiger partial charge in [-0.1, -0.05) is 18.2 Å². The summed E-state index contributed by atoms with van der Waals surface area (Å²) in [5, 5.41) is 6.43. The molecule has 3 nitrogen and oxygen atoms in total. The highest BCUT2D eigenvalue weighted by Crippen LogP contribution is 2.38. The smallest absolute Gasteiger partial charge is 0.174 e. The topological polar surface area (TPSA) is 24.5 Å². The highest BCUT2D eigenvalue weighted by molar-refractivity contribution is 7.80. The van der Waals surface area contributed by atoms with Crippen LogP contribution in [0.2, 0.25) is 0 Å². The van der Waals surface area contributed by atoms with Crippen LogP contribution in [0.1, 0.15) is 33.2 Å². The van der Waals surface area contributed by atoms with E-state index < -0.39 is 0 Å². The summed E-state index contributed by atoms with van der Waals surface area (Å²) >= 11 is 7.70. The van der Waals surface area contributed by atoms with Gasteiger partial charge >= 0.3 is 0 Å². The number of hydrogen-bond donors (Lipinski definition) is 1. The van der Waals surface area contributed by atoms with Gasteiger partial charge in [-0.2, -0.15) is 0 Å². The van der Waals surface area contributed by atoms with Gasteiger partial charge < -0.3 is 15.0 Å². The molecule has 1 aliphatic rings. The second kappa shape index (κ2) is 7.94. The van der Waals surface area contributed by atoms with E-state index in [0.717, 1.165) is 29.5 Å². The molecule has 0 saturated carbocycles. The van der Waals surface area contributed by atoms with Crippen LogP contribution in [0.5, 0.6) is 5.75 Å². The summed E-state index contributed by atoms with van der Waals surface area (Å²) in [5.74, 6) is 0.868. The molecule has 28 heavy (non-hydrogen) atoms. The molecule has 1 atom stereocenters. The van der Waals surface area contributed by atoms with Crippen molar-refractivity contribution in [1.82, 2.24) is 4.90 Å².